The van der Waals surface area contributed by atoms with Crippen molar-refractivity contribution in [2.45, 2.75) is 6.54 Å². The van der Waals surface area contributed by atoms with Gasteiger partial charge in [-0.15, -0.1) is 0 Å². The topological polar surface area (TPSA) is 104 Å². The normalized spacial score (nSPS) is 13.0. The van der Waals surface area contributed by atoms with E-state index in [2.05, 4.69) is 10.7 Å². The van der Waals surface area contributed by atoms with E-state index in [9.17, 15) is 19.5 Å². The molecule has 0 fully saturated rings. The zero-order valence-corrected chi connectivity index (χ0v) is 14.2. The fourth-order valence-corrected chi connectivity index (χ4v) is 3.16. The summed E-state index contributed by atoms with van der Waals surface area (Å²) in [5, 5.41) is 13.8. The van der Waals surface area contributed by atoms with Gasteiger partial charge in [-0.3, -0.25) is 15.0 Å². The van der Waals surface area contributed by atoms with Crippen LogP contribution < -0.4 is 15.8 Å². The van der Waals surface area contributed by atoms with Crippen molar-refractivity contribution in [1.82, 2.24) is 15.3 Å². The van der Waals surface area contributed by atoms with E-state index in [1.807, 2.05) is 4.57 Å². The predicted molar refractivity (Wildman–Crippen MR) is 98.7 cm³/mol. The Labute approximate surface area is 154 Å². The van der Waals surface area contributed by atoms with E-state index >= 15 is 0 Å². The van der Waals surface area contributed by atoms with Crippen LogP contribution in [0.15, 0.2) is 54.6 Å². The minimum atomic E-state index is -1.30. The van der Waals surface area contributed by atoms with Gasteiger partial charge < -0.3 is 15.0 Å². The molecule has 0 unspecified atom stereocenters. The molecule has 8 heteroatoms. The predicted octanol–water partition coefficient (Wildman–Crippen LogP) is 2.21. The van der Waals surface area contributed by atoms with Gasteiger partial charge in [-0.25, -0.2) is 4.79 Å². The Morgan fingerprint density at radius 1 is 1.11 bits per heavy atom. The third kappa shape index (κ3) is 2.97. The van der Waals surface area contributed by atoms with Crippen molar-refractivity contribution in [1.29, 1.82) is 0 Å². The smallest absolute Gasteiger partial charge is 0.431 e. The highest BCUT2D eigenvalue weighted by Crippen LogP contribution is 2.23. The first-order valence-electron chi connectivity index (χ1n) is 8.35. The molecule has 2 heterocycles. The zero-order valence-electron chi connectivity index (χ0n) is 14.2. The van der Waals surface area contributed by atoms with Crippen LogP contribution in [0.1, 0.15) is 20.8 Å². The van der Waals surface area contributed by atoms with Gasteiger partial charge in [-0.1, -0.05) is 24.3 Å². The summed E-state index contributed by atoms with van der Waals surface area (Å²) in [7, 11) is 0. The van der Waals surface area contributed by atoms with Crippen LogP contribution in [-0.2, 0) is 6.54 Å². The number of carbonyl (C=O) groups excluding carboxylic acids is 2. The van der Waals surface area contributed by atoms with Crippen molar-refractivity contribution < 1.29 is 19.5 Å². The van der Waals surface area contributed by atoms with Gasteiger partial charge in [-0.05, 0) is 30.3 Å². The Bertz CT molecular complexity index is 1060. The van der Waals surface area contributed by atoms with Crippen LogP contribution in [0, 0.1) is 0 Å². The van der Waals surface area contributed by atoms with Crippen molar-refractivity contribution in [3.05, 3.63) is 65.9 Å². The molecule has 0 atom stereocenters. The lowest BCUT2D eigenvalue weighted by molar-refractivity contribution is 0.0927. The highest BCUT2D eigenvalue weighted by Gasteiger charge is 2.22. The van der Waals surface area contributed by atoms with Crippen LogP contribution in [0.25, 0.3) is 10.9 Å². The van der Waals surface area contributed by atoms with E-state index in [1.54, 1.807) is 54.6 Å². The van der Waals surface area contributed by atoms with Crippen LogP contribution in [-0.4, -0.2) is 34.1 Å². The van der Waals surface area contributed by atoms with Crippen LogP contribution in [0.3, 0.4) is 0 Å². The second-order valence-corrected chi connectivity index (χ2v) is 6.11. The summed E-state index contributed by atoms with van der Waals surface area (Å²) in [6, 6.07) is 15.1. The van der Waals surface area contributed by atoms with Gasteiger partial charge in [0.2, 0.25) is 0 Å². The van der Waals surface area contributed by atoms with Gasteiger partial charge in [-0.2, -0.15) is 5.01 Å². The Balaban J connectivity index is 1.66. The number of para-hydroxylation sites is 1. The molecule has 0 saturated heterocycles. The first-order chi connectivity index (χ1) is 13.0. The van der Waals surface area contributed by atoms with E-state index in [0.717, 1.165) is 15.9 Å². The number of anilines is 1. The molecule has 1 aliphatic heterocycles. The average molecular weight is 364 g/mol. The van der Waals surface area contributed by atoms with Gasteiger partial charge in [0.25, 0.3) is 11.8 Å². The third-order valence-corrected chi connectivity index (χ3v) is 4.44. The standard InChI is InChI=1S/C19H16N4O4/c24-17(21-23(19(26)27)14-4-2-1-3-5-14)13-7-6-12-10-16-18(25)20-8-9-22(16)15(12)11-13/h1-7,10-11H,8-9H2,(H,20,25)(H,21,24)(H,26,27). The highest BCUT2D eigenvalue weighted by atomic mass is 16.4. The lowest BCUT2D eigenvalue weighted by Gasteiger charge is -2.20. The van der Waals surface area contributed by atoms with Crippen molar-refractivity contribution in [2.75, 3.05) is 11.6 Å². The van der Waals surface area contributed by atoms with Crippen molar-refractivity contribution in [2.24, 2.45) is 0 Å². The maximum Gasteiger partial charge on any atom is 0.431 e. The molecule has 8 nitrogen and oxygen atoms in total. The summed E-state index contributed by atoms with van der Waals surface area (Å²) < 4.78 is 1.86. The number of carbonyl (C=O) groups is 3. The number of carboxylic acid groups (broad SMARTS) is 1. The summed E-state index contributed by atoms with van der Waals surface area (Å²) in [4.78, 5) is 36.1. The minimum Gasteiger partial charge on any atom is -0.463 e. The molecule has 136 valence electrons. The maximum atomic E-state index is 12.6. The van der Waals surface area contributed by atoms with Crippen molar-refractivity contribution >= 4 is 34.5 Å². The van der Waals surface area contributed by atoms with Gasteiger partial charge in [0.05, 0.1) is 5.69 Å². The molecule has 2 aromatic carbocycles. The lowest BCUT2D eigenvalue weighted by atomic mass is 10.1. The van der Waals surface area contributed by atoms with Crippen molar-refractivity contribution in [3.63, 3.8) is 0 Å². The lowest BCUT2D eigenvalue weighted by Crippen LogP contribution is -2.45. The quantitative estimate of drug-likeness (QED) is 0.607. The number of hydrogen-bond donors (Lipinski definition) is 3. The van der Waals surface area contributed by atoms with E-state index in [0.29, 0.717) is 30.0 Å². The van der Waals surface area contributed by atoms with Crippen LogP contribution in [0.5, 0.6) is 0 Å². The molecule has 3 aromatic rings. The molecule has 3 amide bonds. The number of rotatable bonds is 2. The van der Waals surface area contributed by atoms with Gasteiger partial charge in [0.1, 0.15) is 5.69 Å². The molecule has 1 aromatic heterocycles. The van der Waals surface area contributed by atoms with E-state index in [4.69, 9.17) is 0 Å². The number of nitrogens with one attached hydrogen (secondary N) is 2. The number of hydrogen-bond acceptors (Lipinski definition) is 3. The molecular weight excluding hydrogens is 348 g/mol. The molecule has 0 spiro atoms. The Morgan fingerprint density at radius 2 is 1.89 bits per heavy atom. The van der Waals surface area contributed by atoms with E-state index in [1.165, 1.54) is 0 Å². The second kappa shape index (κ2) is 6.49. The summed E-state index contributed by atoms with van der Waals surface area (Å²) in [6.07, 6.45) is -1.30. The fraction of sp³-hybridized carbons (Fsp3) is 0.105. The SMILES string of the molecule is O=C(NN(C(=O)O)c1ccccc1)c1ccc2cc3n(c2c1)CCNC3=O. The number of benzene rings is 2. The van der Waals surface area contributed by atoms with Crippen LogP contribution in [0.2, 0.25) is 0 Å². The number of aromatic nitrogens is 1. The summed E-state index contributed by atoms with van der Waals surface area (Å²) in [5.74, 6) is -0.705. The summed E-state index contributed by atoms with van der Waals surface area (Å²) in [5.41, 5.74) is 4.34. The second-order valence-electron chi connectivity index (χ2n) is 6.11. The molecule has 0 radical (unpaired) electrons. The number of hydrazine groups is 1. The molecule has 1 aliphatic rings. The third-order valence-electron chi connectivity index (χ3n) is 4.44. The summed E-state index contributed by atoms with van der Waals surface area (Å²) in [6.45, 7) is 1.13. The average Bonchev–Trinajstić information content (AvgIpc) is 3.06. The first kappa shape index (κ1) is 16.6. The monoisotopic (exact) mass is 364 g/mol. The van der Waals surface area contributed by atoms with Crippen molar-refractivity contribution in [3.8, 4) is 0 Å². The first-order valence-corrected chi connectivity index (χ1v) is 8.35. The molecule has 27 heavy (non-hydrogen) atoms. The Hall–Kier alpha value is -3.81. The van der Waals surface area contributed by atoms with Crippen LogP contribution in [0.4, 0.5) is 10.5 Å². The molecule has 0 saturated carbocycles. The molecule has 4 rings (SSSR count). The highest BCUT2D eigenvalue weighted by molar-refractivity contribution is 6.04. The maximum absolute atomic E-state index is 12.6. The molecule has 3 N–H and O–H groups in total. The summed E-state index contributed by atoms with van der Waals surface area (Å²) >= 11 is 0. The van der Waals surface area contributed by atoms with E-state index in [-0.39, 0.29) is 5.91 Å². The largest absolute Gasteiger partial charge is 0.463 e. The molecular formula is C19H16N4O4. The van der Waals surface area contributed by atoms with Gasteiger partial charge >= 0.3 is 6.09 Å². The Morgan fingerprint density at radius 3 is 2.63 bits per heavy atom. The number of fused-ring (bicyclic) bond motifs is 3. The number of nitrogens with zero attached hydrogens (tertiary/aromatic N) is 2. The van der Waals surface area contributed by atoms with Gasteiger partial charge in [0, 0.05) is 29.6 Å². The Kier molecular flexibility index (Phi) is 4.00. The molecule has 0 aliphatic carbocycles. The van der Waals surface area contributed by atoms with Gasteiger partial charge in [0.15, 0.2) is 0 Å². The van der Waals surface area contributed by atoms with Crippen LogP contribution >= 0.6 is 0 Å². The van der Waals surface area contributed by atoms with E-state index < -0.39 is 12.0 Å². The number of amides is 3. The molecule has 0 bridgehead atoms. The zero-order chi connectivity index (χ0) is 19.0. The minimum absolute atomic E-state index is 0.149. The fourth-order valence-electron chi connectivity index (χ4n) is 3.16.